The summed E-state index contributed by atoms with van der Waals surface area (Å²) in [6.07, 6.45) is 0. The van der Waals surface area contributed by atoms with Crippen LogP contribution in [0.4, 0.5) is 0 Å². The van der Waals surface area contributed by atoms with Gasteiger partial charge in [-0.15, -0.1) is 11.8 Å². The molecule has 5 nitrogen and oxygen atoms in total. The highest BCUT2D eigenvalue weighted by molar-refractivity contribution is 7.98. The van der Waals surface area contributed by atoms with Crippen molar-refractivity contribution >= 4 is 45.2 Å². The number of ketones is 1. The molecule has 36 heavy (non-hydrogen) atoms. The van der Waals surface area contributed by atoms with Crippen LogP contribution in [0.2, 0.25) is 0 Å². The number of rotatable bonds is 9. The summed E-state index contributed by atoms with van der Waals surface area (Å²) in [5.74, 6) is 0.0481. The van der Waals surface area contributed by atoms with Crippen LogP contribution in [-0.2, 0) is 23.7 Å². The maximum atomic E-state index is 12.8. The monoisotopic (exact) mass is 495 g/mol. The molecule has 0 spiro atoms. The van der Waals surface area contributed by atoms with Crippen molar-refractivity contribution in [2.24, 2.45) is 0 Å². The number of hydrogen-bond acceptors (Lipinski definition) is 4. The lowest BCUT2D eigenvalue weighted by Crippen LogP contribution is -2.12. The van der Waals surface area contributed by atoms with Crippen LogP contribution in [-0.4, -0.2) is 21.4 Å². The Morgan fingerprint density at radius 3 is 2.39 bits per heavy atom. The van der Waals surface area contributed by atoms with Crippen molar-refractivity contribution in [2.45, 2.75) is 30.7 Å². The average molecular weight is 496 g/mol. The Bertz CT molecular complexity index is 1570. The van der Waals surface area contributed by atoms with Gasteiger partial charge in [0.25, 0.3) is 0 Å². The van der Waals surface area contributed by atoms with Crippen molar-refractivity contribution in [3.8, 4) is 5.75 Å². The molecule has 0 aliphatic rings. The topological polar surface area (TPSA) is 68.5 Å². The standard InChI is InChI=1S/C30H25NO4S/c1-20(32)30-26-16-24(35-18-21-7-3-2-4-8-21)12-14-27(26)31(17-29(33)34)28(30)19-36-25-13-11-22-9-5-6-10-23(22)15-25/h2-16H,17-19H2,1H3,(H,33,34). The van der Waals surface area contributed by atoms with Crippen LogP contribution in [0, 0.1) is 0 Å². The fraction of sp³-hybridized carbons (Fsp3) is 0.133. The molecule has 5 aromatic rings. The second-order valence-electron chi connectivity index (χ2n) is 8.61. The first-order chi connectivity index (χ1) is 17.5. The molecule has 1 aromatic heterocycles. The van der Waals surface area contributed by atoms with E-state index in [1.807, 2.05) is 60.7 Å². The minimum atomic E-state index is -0.955. The number of carboxylic acids is 1. The van der Waals surface area contributed by atoms with Crippen molar-refractivity contribution in [3.05, 3.63) is 108 Å². The van der Waals surface area contributed by atoms with Crippen LogP contribution in [0.1, 0.15) is 28.5 Å². The van der Waals surface area contributed by atoms with E-state index in [-0.39, 0.29) is 12.3 Å². The smallest absolute Gasteiger partial charge is 0.323 e. The second-order valence-corrected chi connectivity index (χ2v) is 9.66. The summed E-state index contributed by atoms with van der Waals surface area (Å²) in [5, 5.41) is 12.6. The van der Waals surface area contributed by atoms with E-state index < -0.39 is 5.97 Å². The second kappa shape index (κ2) is 10.3. The predicted molar refractivity (Wildman–Crippen MR) is 144 cm³/mol. The lowest BCUT2D eigenvalue weighted by Gasteiger charge is -2.10. The number of thioether (sulfide) groups is 1. The number of fused-ring (bicyclic) bond motifs is 2. The van der Waals surface area contributed by atoms with Crippen LogP contribution in [0.15, 0.2) is 95.9 Å². The fourth-order valence-corrected chi connectivity index (χ4v) is 5.46. The first-order valence-electron chi connectivity index (χ1n) is 11.7. The Balaban J connectivity index is 1.51. The molecule has 0 saturated heterocycles. The number of nitrogens with zero attached hydrogens (tertiary/aromatic N) is 1. The summed E-state index contributed by atoms with van der Waals surface area (Å²) >= 11 is 1.59. The quantitative estimate of drug-likeness (QED) is 0.177. The highest BCUT2D eigenvalue weighted by Crippen LogP contribution is 2.35. The van der Waals surface area contributed by atoms with Gasteiger partial charge in [0.05, 0.1) is 0 Å². The Labute approximate surface area is 213 Å². The summed E-state index contributed by atoms with van der Waals surface area (Å²) in [5.41, 5.74) is 3.01. The third-order valence-electron chi connectivity index (χ3n) is 6.13. The summed E-state index contributed by atoms with van der Waals surface area (Å²) < 4.78 is 7.73. The molecule has 6 heteroatoms. The van der Waals surface area contributed by atoms with Gasteiger partial charge >= 0.3 is 5.97 Å². The highest BCUT2D eigenvalue weighted by Gasteiger charge is 2.22. The molecule has 1 heterocycles. The van der Waals surface area contributed by atoms with Crippen molar-refractivity contribution < 1.29 is 19.4 Å². The molecule has 0 atom stereocenters. The molecule has 180 valence electrons. The lowest BCUT2D eigenvalue weighted by molar-refractivity contribution is -0.137. The fourth-order valence-electron chi connectivity index (χ4n) is 4.48. The molecule has 0 aliphatic heterocycles. The third-order valence-corrected chi connectivity index (χ3v) is 7.14. The van der Waals surface area contributed by atoms with E-state index >= 15 is 0 Å². The van der Waals surface area contributed by atoms with Crippen LogP contribution < -0.4 is 4.74 Å². The average Bonchev–Trinajstić information content (AvgIpc) is 3.18. The van der Waals surface area contributed by atoms with Crippen LogP contribution in [0.3, 0.4) is 0 Å². The number of carbonyl (C=O) groups excluding carboxylic acids is 1. The number of Topliss-reactive ketones (excluding diaryl/α,β-unsaturated/α-hetero) is 1. The number of aromatic nitrogens is 1. The first-order valence-corrected chi connectivity index (χ1v) is 12.6. The molecule has 0 fully saturated rings. The molecule has 1 N–H and O–H groups in total. The molecule has 0 radical (unpaired) electrons. The summed E-state index contributed by atoms with van der Waals surface area (Å²) in [6.45, 7) is 1.71. The summed E-state index contributed by atoms with van der Waals surface area (Å²) in [6, 6.07) is 29.8. The zero-order valence-electron chi connectivity index (χ0n) is 19.8. The van der Waals surface area contributed by atoms with E-state index in [1.165, 1.54) is 6.92 Å². The van der Waals surface area contributed by atoms with Crippen molar-refractivity contribution in [3.63, 3.8) is 0 Å². The molecule has 0 bridgehead atoms. The van der Waals surface area contributed by atoms with Crippen molar-refractivity contribution in [1.82, 2.24) is 4.57 Å². The van der Waals surface area contributed by atoms with Gasteiger partial charge in [0.2, 0.25) is 0 Å². The van der Waals surface area contributed by atoms with Gasteiger partial charge in [0.1, 0.15) is 18.9 Å². The van der Waals surface area contributed by atoms with Crippen LogP contribution in [0.25, 0.3) is 21.7 Å². The minimum absolute atomic E-state index is 0.0986. The van der Waals surface area contributed by atoms with Crippen molar-refractivity contribution in [1.29, 1.82) is 0 Å². The van der Waals surface area contributed by atoms with Crippen molar-refractivity contribution in [2.75, 3.05) is 0 Å². The Morgan fingerprint density at radius 1 is 0.889 bits per heavy atom. The molecule has 5 rings (SSSR count). The Kier molecular flexibility index (Phi) is 6.78. The molecule has 0 aliphatic carbocycles. The maximum absolute atomic E-state index is 12.8. The molecular formula is C30H25NO4S. The van der Waals surface area contributed by atoms with E-state index in [9.17, 15) is 14.7 Å². The highest BCUT2D eigenvalue weighted by atomic mass is 32.2. The number of ether oxygens (including phenoxy) is 1. The summed E-state index contributed by atoms with van der Waals surface area (Å²) in [7, 11) is 0. The van der Waals surface area contributed by atoms with Gasteiger partial charge in [-0.25, -0.2) is 0 Å². The predicted octanol–water partition coefficient (Wildman–Crippen LogP) is 6.95. The van der Waals surface area contributed by atoms with Gasteiger partial charge in [0, 0.05) is 32.8 Å². The van der Waals surface area contributed by atoms with E-state index in [0.717, 1.165) is 21.2 Å². The zero-order chi connectivity index (χ0) is 25.1. The Morgan fingerprint density at radius 2 is 1.64 bits per heavy atom. The van der Waals surface area contributed by atoms with Gasteiger partial charge in [-0.1, -0.05) is 60.7 Å². The van der Waals surface area contributed by atoms with E-state index in [4.69, 9.17) is 4.74 Å². The Hall–Kier alpha value is -4.03. The number of carboxylic acid groups (broad SMARTS) is 1. The van der Waals surface area contributed by atoms with Gasteiger partial charge in [-0.05, 0) is 53.6 Å². The molecule has 0 amide bonds. The first kappa shape index (κ1) is 23.7. The van der Waals surface area contributed by atoms with Crippen LogP contribution in [0.5, 0.6) is 5.75 Å². The van der Waals surface area contributed by atoms with E-state index in [2.05, 4.69) is 30.3 Å². The maximum Gasteiger partial charge on any atom is 0.323 e. The SMILES string of the molecule is CC(=O)c1c(CSc2ccc3ccccc3c2)n(CC(=O)O)c2ccc(OCc3ccccc3)cc12. The van der Waals surface area contributed by atoms with Gasteiger partial charge in [-0.3, -0.25) is 9.59 Å². The number of benzene rings is 4. The molecular weight excluding hydrogens is 470 g/mol. The molecule has 0 unspecified atom stereocenters. The normalized spacial score (nSPS) is 11.1. The zero-order valence-corrected chi connectivity index (χ0v) is 20.6. The van der Waals surface area contributed by atoms with E-state index in [1.54, 1.807) is 16.3 Å². The summed E-state index contributed by atoms with van der Waals surface area (Å²) in [4.78, 5) is 25.7. The van der Waals surface area contributed by atoms with Crippen LogP contribution >= 0.6 is 11.8 Å². The van der Waals surface area contributed by atoms with Gasteiger partial charge in [-0.2, -0.15) is 0 Å². The number of aliphatic carboxylic acids is 1. The lowest BCUT2D eigenvalue weighted by atomic mass is 10.1. The number of carbonyl (C=O) groups is 2. The number of hydrogen-bond donors (Lipinski definition) is 1. The molecule has 4 aromatic carbocycles. The largest absolute Gasteiger partial charge is 0.489 e. The minimum Gasteiger partial charge on any atom is -0.489 e. The third kappa shape index (κ3) is 4.99. The van der Waals surface area contributed by atoms with Gasteiger partial charge < -0.3 is 14.4 Å². The van der Waals surface area contributed by atoms with Gasteiger partial charge in [0.15, 0.2) is 5.78 Å². The van der Waals surface area contributed by atoms with E-state index in [0.29, 0.717) is 40.3 Å². The molecule has 0 saturated carbocycles.